The van der Waals surface area contributed by atoms with Crippen molar-refractivity contribution in [3.8, 4) is 6.07 Å². The van der Waals surface area contributed by atoms with E-state index in [-0.39, 0.29) is 23.4 Å². The van der Waals surface area contributed by atoms with E-state index in [4.69, 9.17) is 16.3 Å². The van der Waals surface area contributed by atoms with E-state index in [0.717, 1.165) is 38.5 Å². The number of nitriles is 1. The second-order valence-electron chi connectivity index (χ2n) is 9.10. The van der Waals surface area contributed by atoms with Gasteiger partial charge in [0.1, 0.15) is 5.54 Å². The second-order valence-corrected chi connectivity index (χ2v) is 9.91. The minimum atomic E-state index is -0.857. The van der Waals surface area contributed by atoms with Gasteiger partial charge in [-0.05, 0) is 76.0 Å². The molecule has 0 aromatic rings. The molecule has 5 fully saturated rings. The molecule has 0 aliphatic heterocycles. The summed E-state index contributed by atoms with van der Waals surface area (Å²) in [6.45, 7) is 1.43. The molecule has 5 nitrogen and oxygen atoms in total. The molecule has 5 saturated carbocycles. The quantitative estimate of drug-likeness (QED) is 0.601. The van der Waals surface area contributed by atoms with Gasteiger partial charge in [0.2, 0.25) is 0 Å². The molecule has 6 heteroatoms. The van der Waals surface area contributed by atoms with Gasteiger partial charge in [-0.25, -0.2) is 0 Å². The Morgan fingerprint density at radius 2 is 1.92 bits per heavy atom. The zero-order valence-electron chi connectivity index (χ0n) is 14.6. The first-order chi connectivity index (χ1) is 11.8. The van der Waals surface area contributed by atoms with Crippen molar-refractivity contribution in [2.75, 3.05) is 6.61 Å². The summed E-state index contributed by atoms with van der Waals surface area (Å²) < 4.78 is 5.41. The molecule has 5 atom stereocenters. The number of halogens is 1. The number of esters is 1. The molecule has 0 heterocycles. The van der Waals surface area contributed by atoms with Crippen molar-refractivity contribution in [3.05, 3.63) is 0 Å². The Hall–Kier alpha value is -1.28. The maximum absolute atomic E-state index is 12.8. The lowest BCUT2D eigenvalue weighted by atomic mass is 9.49. The van der Waals surface area contributed by atoms with Crippen LogP contribution in [0.4, 0.5) is 0 Å². The van der Waals surface area contributed by atoms with Crippen LogP contribution >= 0.6 is 11.6 Å². The minimum absolute atomic E-state index is 0.205. The van der Waals surface area contributed by atoms with E-state index in [1.165, 1.54) is 6.42 Å². The van der Waals surface area contributed by atoms with Gasteiger partial charge in [0, 0.05) is 4.87 Å². The van der Waals surface area contributed by atoms with Crippen molar-refractivity contribution in [2.24, 2.45) is 23.2 Å². The Kier molecular flexibility index (Phi) is 3.85. The average Bonchev–Trinajstić information content (AvgIpc) is 3.35. The Labute approximate surface area is 153 Å². The summed E-state index contributed by atoms with van der Waals surface area (Å²) in [5.41, 5.74) is -1.36. The lowest BCUT2D eigenvalue weighted by molar-refractivity contribution is -0.172. The Morgan fingerprint density at radius 3 is 2.44 bits per heavy atom. The van der Waals surface area contributed by atoms with Gasteiger partial charge in [-0.1, -0.05) is 0 Å². The van der Waals surface area contributed by atoms with Crippen LogP contribution in [-0.2, 0) is 14.3 Å². The number of amides is 1. The number of ether oxygens (including phenoxy) is 1. The Morgan fingerprint density at radius 1 is 1.28 bits per heavy atom. The van der Waals surface area contributed by atoms with E-state index in [0.29, 0.717) is 18.3 Å². The van der Waals surface area contributed by atoms with Gasteiger partial charge in [-0.3, -0.25) is 9.59 Å². The van der Waals surface area contributed by atoms with Crippen LogP contribution in [0.15, 0.2) is 0 Å². The van der Waals surface area contributed by atoms with Crippen LogP contribution in [0.3, 0.4) is 0 Å². The highest BCUT2D eigenvalue weighted by atomic mass is 35.5. The number of carbonyl (C=O) groups is 2. The molecule has 5 aliphatic carbocycles. The van der Waals surface area contributed by atoms with Gasteiger partial charge in [0.25, 0.3) is 5.91 Å². The molecule has 0 aromatic heterocycles. The summed E-state index contributed by atoms with van der Waals surface area (Å²) in [6, 6.07) is 2.18. The van der Waals surface area contributed by atoms with Crippen LogP contribution in [0.25, 0.3) is 0 Å². The van der Waals surface area contributed by atoms with E-state index < -0.39 is 16.9 Å². The molecule has 1 amide bonds. The molecule has 5 aliphatic rings. The van der Waals surface area contributed by atoms with Gasteiger partial charge >= 0.3 is 5.97 Å². The van der Waals surface area contributed by atoms with E-state index >= 15 is 0 Å². The average molecular weight is 365 g/mol. The fraction of sp³-hybridized carbons (Fsp3) is 0.842. The van der Waals surface area contributed by atoms with Crippen molar-refractivity contribution in [3.63, 3.8) is 0 Å². The summed E-state index contributed by atoms with van der Waals surface area (Å²) >= 11 is 6.75. The molecule has 0 radical (unpaired) electrons. The fourth-order valence-corrected chi connectivity index (χ4v) is 6.57. The number of alkyl halides is 1. The largest absolute Gasteiger partial charge is 0.455 e. The van der Waals surface area contributed by atoms with Crippen LogP contribution in [0.5, 0.6) is 0 Å². The van der Waals surface area contributed by atoms with Gasteiger partial charge < -0.3 is 10.1 Å². The lowest BCUT2D eigenvalue weighted by Crippen LogP contribution is -2.56. The number of carbonyl (C=O) groups excluding carboxylic acids is 2. The van der Waals surface area contributed by atoms with Crippen molar-refractivity contribution in [2.45, 2.75) is 68.7 Å². The smallest absolute Gasteiger partial charge is 0.312 e. The van der Waals surface area contributed by atoms with Crippen LogP contribution in [0.1, 0.15) is 58.3 Å². The highest BCUT2D eigenvalue weighted by Crippen LogP contribution is 2.64. The third kappa shape index (κ3) is 3.03. The third-order valence-electron chi connectivity index (χ3n) is 6.78. The molecule has 5 rings (SSSR count). The van der Waals surface area contributed by atoms with Gasteiger partial charge in [0.15, 0.2) is 6.61 Å². The molecule has 136 valence electrons. The summed E-state index contributed by atoms with van der Waals surface area (Å²) in [4.78, 5) is 24.7. The Balaban J connectivity index is 1.36. The number of nitrogens with zero attached hydrogens (tertiary/aromatic N) is 1. The molecule has 0 aromatic carbocycles. The number of hydrogen-bond donors (Lipinski definition) is 1. The number of rotatable bonds is 5. The van der Waals surface area contributed by atoms with Crippen LogP contribution in [0, 0.1) is 34.5 Å². The molecule has 2 unspecified atom stereocenters. The SMILES string of the molecule is C[C@](C#N)(NC(=O)COC(=O)C12C[C@@H]3C[C@@H](CC(Cl)(C3)C1)C2)C1CC1. The molecular weight excluding hydrogens is 340 g/mol. The molecular formula is C19H25ClN2O3. The predicted molar refractivity (Wildman–Crippen MR) is 91.5 cm³/mol. The zero-order chi connectivity index (χ0) is 17.9. The first-order valence-corrected chi connectivity index (χ1v) is 9.72. The van der Waals surface area contributed by atoms with E-state index in [2.05, 4.69) is 11.4 Å². The van der Waals surface area contributed by atoms with E-state index in [1.807, 2.05) is 0 Å². The first-order valence-electron chi connectivity index (χ1n) is 9.34. The standard InChI is InChI=1S/C19H25ClN2O3/c1-17(11-21,14-2-3-14)22-15(23)9-25-16(24)18-5-12-4-13(6-18)8-19(20,7-12)10-18/h12-14H,2-10H2,1H3,(H,22,23)/t12-,13+,17-,18?,19?/m1/s1. The topological polar surface area (TPSA) is 79.2 Å². The van der Waals surface area contributed by atoms with Crippen molar-refractivity contribution in [1.29, 1.82) is 5.26 Å². The summed E-state index contributed by atoms with van der Waals surface area (Å²) in [5.74, 6) is 0.562. The molecule has 4 bridgehead atoms. The van der Waals surface area contributed by atoms with Gasteiger partial charge in [0.05, 0.1) is 11.5 Å². The van der Waals surface area contributed by atoms with Crippen LogP contribution < -0.4 is 5.32 Å². The third-order valence-corrected chi connectivity index (χ3v) is 7.22. The molecule has 0 spiro atoms. The maximum Gasteiger partial charge on any atom is 0.312 e. The predicted octanol–water partition coefficient (Wildman–Crippen LogP) is 2.92. The highest BCUT2D eigenvalue weighted by Gasteiger charge is 2.60. The maximum atomic E-state index is 12.8. The first kappa shape index (κ1) is 17.1. The summed E-state index contributed by atoms with van der Waals surface area (Å²) in [6.07, 6.45) is 7.44. The van der Waals surface area contributed by atoms with Crippen LogP contribution in [0.2, 0.25) is 0 Å². The van der Waals surface area contributed by atoms with Crippen molar-refractivity contribution < 1.29 is 14.3 Å². The fourth-order valence-electron chi connectivity index (χ4n) is 5.88. The Bertz CT molecular complexity index is 640. The minimum Gasteiger partial charge on any atom is -0.455 e. The number of hydrogen-bond acceptors (Lipinski definition) is 4. The van der Waals surface area contributed by atoms with E-state index in [9.17, 15) is 14.9 Å². The summed E-state index contributed by atoms with van der Waals surface area (Å²) in [5, 5.41) is 12.1. The number of nitrogens with one attached hydrogen (secondary N) is 1. The van der Waals surface area contributed by atoms with Gasteiger partial charge in [-0.15, -0.1) is 11.6 Å². The molecule has 1 N–H and O–H groups in total. The lowest BCUT2D eigenvalue weighted by Gasteiger charge is -2.58. The van der Waals surface area contributed by atoms with Crippen LogP contribution in [-0.4, -0.2) is 28.9 Å². The van der Waals surface area contributed by atoms with Gasteiger partial charge in [-0.2, -0.15) is 5.26 Å². The molecule has 25 heavy (non-hydrogen) atoms. The monoisotopic (exact) mass is 364 g/mol. The normalized spacial score (nSPS) is 40.8. The van der Waals surface area contributed by atoms with Crippen molar-refractivity contribution >= 4 is 23.5 Å². The van der Waals surface area contributed by atoms with Crippen molar-refractivity contribution in [1.82, 2.24) is 5.32 Å². The second kappa shape index (κ2) is 5.61. The highest BCUT2D eigenvalue weighted by molar-refractivity contribution is 6.24. The zero-order valence-corrected chi connectivity index (χ0v) is 15.4. The van der Waals surface area contributed by atoms with E-state index in [1.54, 1.807) is 6.92 Å². The molecule has 0 saturated heterocycles. The summed E-state index contributed by atoms with van der Waals surface area (Å²) in [7, 11) is 0.